The van der Waals surface area contributed by atoms with Crippen LogP contribution in [0.3, 0.4) is 0 Å². The maximum absolute atomic E-state index is 13.7. The Bertz CT molecular complexity index is 863. The molecule has 2 rings (SSSR count). The number of rotatable bonds is 6. The summed E-state index contributed by atoms with van der Waals surface area (Å²) in [5, 5.41) is 13.3. The number of hydrogen-bond donors (Lipinski definition) is 2. The zero-order valence-corrected chi connectivity index (χ0v) is 14.1. The molecule has 2 amide bonds. The van der Waals surface area contributed by atoms with Crippen LogP contribution in [0.2, 0.25) is 5.02 Å². The Labute approximate surface area is 150 Å². The summed E-state index contributed by atoms with van der Waals surface area (Å²) in [5.74, 6) is -2.34. The highest BCUT2D eigenvalue weighted by Crippen LogP contribution is 2.30. The van der Waals surface area contributed by atoms with Gasteiger partial charge < -0.3 is 11.1 Å². The summed E-state index contributed by atoms with van der Waals surface area (Å²) in [7, 11) is 0. The third kappa shape index (κ3) is 4.68. The molecule has 0 heterocycles. The third-order valence-corrected chi connectivity index (χ3v) is 4.38. The van der Waals surface area contributed by atoms with Gasteiger partial charge in [-0.05, 0) is 24.3 Å². The van der Waals surface area contributed by atoms with E-state index < -0.39 is 22.6 Å². The van der Waals surface area contributed by atoms with Crippen LogP contribution in [0.5, 0.6) is 0 Å². The summed E-state index contributed by atoms with van der Waals surface area (Å²) in [6.07, 6.45) is 0. The second kappa shape index (κ2) is 7.95. The van der Waals surface area contributed by atoms with Crippen LogP contribution in [-0.4, -0.2) is 22.5 Å². The molecule has 0 spiro atoms. The monoisotopic (exact) mass is 383 g/mol. The van der Waals surface area contributed by atoms with Crippen molar-refractivity contribution >= 4 is 46.6 Å². The molecule has 0 saturated carbocycles. The Morgan fingerprint density at radius 1 is 1.32 bits per heavy atom. The second-order valence-corrected chi connectivity index (χ2v) is 6.17. The van der Waals surface area contributed by atoms with Crippen LogP contribution in [-0.2, 0) is 4.79 Å². The Hall–Kier alpha value is -2.65. The molecule has 0 aliphatic carbocycles. The molecule has 130 valence electrons. The maximum atomic E-state index is 13.7. The molecular weight excluding hydrogens is 373 g/mol. The second-order valence-electron chi connectivity index (χ2n) is 4.74. The average Bonchev–Trinajstić information content (AvgIpc) is 2.56. The lowest BCUT2D eigenvalue weighted by Gasteiger charge is -2.08. The van der Waals surface area contributed by atoms with Gasteiger partial charge in [0.15, 0.2) is 5.82 Å². The molecule has 0 radical (unpaired) electrons. The predicted octanol–water partition coefficient (Wildman–Crippen LogP) is 3.22. The number of nitrogens with two attached hydrogens (primary N) is 1. The van der Waals surface area contributed by atoms with Gasteiger partial charge in [0.1, 0.15) is 0 Å². The minimum absolute atomic E-state index is 0.0125. The molecule has 25 heavy (non-hydrogen) atoms. The number of nitro benzene ring substituents is 1. The van der Waals surface area contributed by atoms with Crippen molar-refractivity contribution in [2.45, 2.75) is 4.90 Å². The van der Waals surface area contributed by atoms with Crippen LogP contribution in [0, 0.1) is 15.9 Å². The molecule has 0 saturated heterocycles. The van der Waals surface area contributed by atoms with Gasteiger partial charge in [-0.15, -0.1) is 11.8 Å². The predicted molar refractivity (Wildman–Crippen MR) is 92.4 cm³/mol. The maximum Gasteiger partial charge on any atom is 0.283 e. The summed E-state index contributed by atoms with van der Waals surface area (Å²) in [6, 6.07) is 7.85. The number of nitrogens with zero attached hydrogens (tertiary/aromatic N) is 1. The number of nitro groups is 1. The van der Waals surface area contributed by atoms with Gasteiger partial charge in [-0.25, -0.2) is 4.39 Å². The van der Waals surface area contributed by atoms with E-state index in [9.17, 15) is 24.1 Å². The minimum Gasteiger partial charge on any atom is -0.366 e. The number of amides is 2. The van der Waals surface area contributed by atoms with Crippen molar-refractivity contribution in [1.29, 1.82) is 0 Å². The van der Waals surface area contributed by atoms with E-state index in [2.05, 4.69) is 5.32 Å². The van der Waals surface area contributed by atoms with E-state index in [4.69, 9.17) is 17.3 Å². The Morgan fingerprint density at radius 2 is 2.04 bits per heavy atom. The standard InChI is InChI=1S/C15H11ClFN3O4S/c16-9-2-1-3-10(14(9)17)19-13(21)7-25-12-5-4-8(15(18)22)6-11(12)20(23)24/h1-6H,7H2,(H2,18,22)(H,19,21). The highest BCUT2D eigenvalue weighted by Gasteiger charge is 2.18. The number of carbonyl (C=O) groups excluding carboxylic acids is 2. The molecule has 2 aromatic rings. The summed E-state index contributed by atoms with van der Waals surface area (Å²) in [4.78, 5) is 33.6. The zero-order valence-electron chi connectivity index (χ0n) is 12.5. The van der Waals surface area contributed by atoms with Gasteiger partial charge >= 0.3 is 0 Å². The number of hydrogen-bond acceptors (Lipinski definition) is 5. The number of nitrogens with one attached hydrogen (secondary N) is 1. The van der Waals surface area contributed by atoms with Crippen LogP contribution in [0.1, 0.15) is 10.4 Å². The van der Waals surface area contributed by atoms with E-state index in [-0.39, 0.29) is 32.6 Å². The van der Waals surface area contributed by atoms with Crippen molar-refractivity contribution in [2.24, 2.45) is 5.73 Å². The lowest BCUT2D eigenvalue weighted by Crippen LogP contribution is -2.15. The Morgan fingerprint density at radius 3 is 2.68 bits per heavy atom. The van der Waals surface area contributed by atoms with E-state index in [1.165, 1.54) is 30.3 Å². The molecule has 10 heteroatoms. The fourth-order valence-corrected chi connectivity index (χ4v) is 2.84. The van der Waals surface area contributed by atoms with Crippen LogP contribution in [0.15, 0.2) is 41.3 Å². The number of halogens is 2. The lowest BCUT2D eigenvalue weighted by atomic mass is 10.2. The topological polar surface area (TPSA) is 115 Å². The van der Waals surface area contributed by atoms with Crippen molar-refractivity contribution in [3.63, 3.8) is 0 Å². The largest absolute Gasteiger partial charge is 0.366 e. The smallest absolute Gasteiger partial charge is 0.283 e. The number of carbonyl (C=O) groups is 2. The van der Waals surface area contributed by atoms with Crippen molar-refractivity contribution < 1.29 is 18.9 Å². The number of thioether (sulfide) groups is 1. The molecule has 0 atom stereocenters. The average molecular weight is 384 g/mol. The summed E-state index contributed by atoms with van der Waals surface area (Å²) in [6.45, 7) is 0. The molecular formula is C15H11ClFN3O4S. The van der Waals surface area contributed by atoms with Gasteiger partial charge in [-0.1, -0.05) is 17.7 Å². The van der Waals surface area contributed by atoms with E-state index >= 15 is 0 Å². The van der Waals surface area contributed by atoms with Gasteiger partial charge in [0.05, 0.1) is 26.3 Å². The van der Waals surface area contributed by atoms with Crippen molar-refractivity contribution in [1.82, 2.24) is 0 Å². The first-order valence-electron chi connectivity index (χ1n) is 6.74. The van der Waals surface area contributed by atoms with E-state index in [0.717, 1.165) is 17.8 Å². The molecule has 7 nitrogen and oxygen atoms in total. The van der Waals surface area contributed by atoms with Gasteiger partial charge in [0, 0.05) is 11.6 Å². The third-order valence-electron chi connectivity index (χ3n) is 3.02. The zero-order chi connectivity index (χ0) is 18.6. The van der Waals surface area contributed by atoms with Crippen LogP contribution in [0.25, 0.3) is 0 Å². The fraction of sp³-hybridized carbons (Fsp3) is 0.0667. The number of benzene rings is 2. The van der Waals surface area contributed by atoms with Gasteiger partial charge in [0.2, 0.25) is 11.8 Å². The highest BCUT2D eigenvalue weighted by molar-refractivity contribution is 8.00. The Balaban J connectivity index is 2.10. The van der Waals surface area contributed by atoms with Crippen molar-refractivity contribution in [3.8, 4) is 0 Å². The Kier molecular flexibility index (Phi) is 5.94. The summed E-state index contributed by atoms with van der Waals surface area (Å²) in [5.41, 5.74) is 4.65. The van der Waals surface area contributed by atoms with Crippen molar-refractivity contribution in [2.75, 3.05) is 11.1 Å². The molecule has 0 bridgehead atoms. The van der Waals surface area contributed by atoms with E-state index in [1.807, 2.05) is 0 Å². The number of anilines is 1. The first-order chi connectivity index (χ1) is 11.8. The minimum atomic E-state index is -0.797. The fourth-order valence-electron chi connectivity index (χ4n) is 1.87. The molecule has 0 aliphatic rings. The lowest BCUT2D eigenvalue weighted by molar-refractivity contribution is -0.387. The normalized spacial score (nSPS) is 10.3. The van der Waals surface area contributed by atoms with Gasteiger partial charge in [0.25, 0.3) is 5.69 Å². The number of primary amides is 1. The molecule has 2 aromatic carbocycles. The molecule has 0 unspecified atom stereocenters. The van der Waals surface area contributed by atoms with Gasteiger partial charge in [-0.3, -0.25) is 19.7 Å². The highest BCUT2D eigenvalue weighted by atomic mass is 35.5. The molecule has 3 N–H and O–H groups in total. The van der Waals surface area contributed by atoms with Crippen LogP contribution >= 0.6 is 23.4 Å². The SMILES string of the molecule is NC(=O)c1ccc(SCC(=O)Nc2cccc(Cl)c2F)c([N+](=O)[O-])c1. The van der Waals surface area contributed by atoms with Crippen LogP contribution < -0.4 is 11.1 Å². The van der Waals surface area contributed by atoms with Crippen LogP contribution in [0.4, 0.5) is 15.8 Å². The molecule has 0 aromatic heterocycles. The van der Waals surface area contributed by atoms with Crippen molar-refractivity contribution in [3.05, 3.63) is 62.9 Å². The first kappa shape index (κ1) is 18.7. The van der Waals surface area contributed by atoms with E-state index in [0.29, 0.717) is 0 Å². The molecule has 0 fully saturated rings. The quantitative estimate of drug-likeness (QED) is 0.451. The van der Waals surface area contributed by atoms with E-state index in [1.54, 1.807) is 0 Å². The van der Waals surface area contributed by atoms with Gasteiger partial charge in [-0.2, -0.15) is 0 Å². The summed E-state index contributed by atoms with van der Waals surface area (Å²) < 4.78 is 13.7. The molecule has 0 aliphatic heterocycles. The summed E-state index contributed by atoms with van der Waals surface area (Å²) >= 11 is 6.49. The first-order valence-corrected chi connectivity index (χ1v) is 8.11.